The summed E-state index contributed by atoms with van der Waals surface area (Å²) in [5.74, 6) is -0.0101. The molecule has 0 aliphatic rings. The minimum atomic E-state index is -0.581. The van der Waals surface area contributed by atoms with Gasteiger partial charge in [-0.1, -0.05) is 18.2 Å². The van der Waals surface area contributed by atoms with Crippen LogP contribution in [0.25, 0.3) is 0 Å². The lowest BCUT2D eigenvalue weighted by atomic mass is 10.1. The van der Waals surface area contributed by atoms with Gasteiger partial charge in [0.25, 0.3) is 0 Å². The molecule has 1 aromatic carbocycles. The van der Waals surface area contributed by atoms with E-state index in [0.29, 0.717) is 30.8 Å². The Balaban J connectivity index is 1.77. The Morgan fingerprint density at radius 1 is 1.26 bits per heavy atom. The predicted octanol–water partition coefficient (Wildman–Crippen LogP) is 2.66. The van der Waals surface area contributed by atoms with E-state index in [1.54, 1.807) is 24.3 Å². The van der Waals surface area contributed by atoms with Crippen LogP contribution in [-0.4, -0.2) is 11.5 Å². The zero-order chi connectivity index (χ0) is 13.7. The second kappa shape index (κ2) is 6.10. The second-order valence-electron chi connectivity index (χ2n) is 4.02. The Labute approximate surface area is 109 Å². The second-order valence-corrected chi connectivity index (χ2v) is 4.02. The highest BCUT2D eigenvalue weighted by atomic mass is 19.1. The molecule has 0 unspecified atom stereocenters. The molecular weight excluding hydrogens is 251 g/mol. The number of benzene rings is 1. The molecule has 0 radical (unpaired) electrons. The van der Waals surface area contributed by atoms with Crippen molar-refractivity contribution in [2.24, 2.45) is 0 Å². The van der Waals surface area contributed by atoms with Crippen LogP contribution in [0.4, 0.5) is 10.3 Å². The third-order valence-corrected chi connectivity index (χ3v) is 2.66. The summed E-state index contributed by atoms with van der Waals surface area (Å²) in [6.45, 7) is 0.942. The topological polar surface area (TPSA) is 68.3 Å². The van der Waals surface area contributed by atoms with E-state index in [0.717, 1.165) is 0 Å². The molecule has 100 valence electrons. The largest absolute Gasteiger partial charge is 0.433 e. The van der Waals surface area contributed by atoms with Crippen molar-refractivity contribution in [1.29, 1.82) is 0 Å². The van der Waals surface area contributed by atoms with Crippen LogP contribution in [0.1, 0.15) is 11.3 Å². The summed E-state index contributed by atoms with van der Waals surface area (Å²) in [4.78, 5) is 9.84. The minimum absolute atomic E-state index is 0.224. The zero-order valence-corrected chi connectivity index (χ0v) is 10.1. The van der Waals surface area contributed by atoms with Crippen molar-refractivity contribution in [1.82, 2.24) is 5.32 Å². The van der Waals surface area contributed by atoms with Gasteiger partial charge in [-0.05, 0) is 30.7 Å². The molecule has 0 bridgehead atoms. The lowest BCUT2D eigenvalue weighted by Gasteiger charge is -2.04. The molecule has 1 N–H and O–H groups in total. The highest BCUT2D eigenvalue weighted by Gasteiger charge is 2.11. The molecule has 2 aromatic rings. The average Bonchev–Trinajstić information content (AvgIpc) is 2.85. The first-order valence-electron chi connectivity index (χ1n) is 5.84. The number of nitrogens with zero attached hydrogens (tertiary/aromatic N) is 1. The normalized spacial score (nSPS) is 10.6. The van der Waals surface area contributed by atoms with Crippen molar-refractivity contribution in [3.63, 3.8) is 0 Å². The lowest BCUT2D eigenvalue weighted by Crippen LogP contribution is -2.16. The summed E-state index contributed by atoms with van der Waals surface area (Å²) in [6, 6.07) is 9.45. The number of hydrogen-bond acceptors (Lipinski definition) is 4. The summed E-state index contributed by atoms with van der Waals surface area (Å²) in [5, 5.41) is 13.5. The standard InChI is InChI=1S/C13H13FN2O3/c14-12-4-2-1-3-10(12)7-8-15-9-11-5-6-13(19-11)16(17)18/h1-6,15H,7-9H2. The molecule has 19 heavy (non-hydrogen) atoms. The summed E-state index contributed by atoms with van der Waals surface area (Å²) < 4.78 is 18.3. The molecule has 0 atom stereocenters. The summed E-state index contributed by atoms with van der Waals surface area (Å²) in [7, 11) is 0. The molecule has 2 rings (SSSR count). The summed E-state index contributed by atoms with van der Waals surface area (Å²) >= 11 is 0. The first-order chi connectivity index (χ1) is 9.16. The van der Waals surface area contributed by atoms with Crippen LogP contribution in [0.5, 0.6) is 0 Å². The predicted molar refractivity (Wildman–Crippen MR) is 67.2 cm³/mol. The number of nitrogens with one attached hydrogen (secondary N) is 1. The van der Waals surface area contributed by atoms with Gasteiger partial charge in [0.1, 0.15) is 16.5 Å². The Hall–Kier alpha value is -2.21. The zero-order valence-electron chi connectivity index (χ0n) is 10.1. The molecule has 5 nitrogen and oxygen atoms in total. The molecule has 0 saturated heterocycles. The van der Waals surface area contributed by atoms with Crippen LogP contribution in [-0.2, 0) is 13.0 Å². The van der Waals surface area contributed by atoms with Gasteiger partial charge in [0, 0.05) is 0 Å². The molecule has 0 amide bonds. The van der Waals surface area contributed by atoms with Gasteiger partial charge in [-0.25, -0.2) is 4.39 Å². The van der Waals surface area contributed by atoms with Gasteiger partial charge >= 0.3 is 5.88 Å². The summed E-state index contributed by atoms with van der Waals surface area (Å²) in [6.07, 6.45) is 0.551. The maximum atomic E-state index is 13.3. The molecule has 1 aromatic heterocycles. The van der Waals surface area contributed by atoms with E-state index in [-0.39, 0.29) is 11.7 Å². The third kappa shape index (κ3) is 3.62. The van der Waals surface area contributed by atoms with Crippen LogP contribution in [0, 0.1) is 15.9 Å². The fourth-order valence-corrected chi connectivity index (χ4v) is 1.70. The van der Waals surface area contributed by atoms with Gasteiger partial charge in [-0.15, -0.1) is 0 Å². The summed E-state index contributed by atoms with van der Waals surface area (Å²) in [5.41, 5.74) is 0.639. The van der Waals surface area contributed by atoms with E-state index < -0.39 is 4.92 Å². The van der Waals surface area contributed by atoms with Crippen molar-refractivity contribution >= 4 is 5.88 Å². The number of hydrogen-bond donors (Lipinski definition) is 1. The van der Waals surface area contributed by atoms with E-state index in [1.807, 2.05) is 0 Å². The van der Waals surface area contributed by atoms with Crippen LogP contribution in [0.3, 0.4) is 0 Å². The van der Waals surface area contributed by atoms with Crippen molar-refractivity contribution in [2.75, 3.05) is 6.54 Å². The fraction of sp³-hybridized carbons (Fsp3) is 0.231. The number of halogens is 1. The Kier molecular flexibility index (Phi) is 4.25. The van der Waals surface area contributed by atoms with Crippen molar-refractivity contribution in [3.05, 3.63) is 63.7 Å². The Morgan fingerprint density at radius 3 is 2.74 bits per heavy atom. The maximum Gasteiger partial charge on any atom is 0.433 e. The van der Waals surface area contributed by atoms with Crippen LogP contribution >= 0.6 is 0 Å². The fourth-order valence-electron chi connectivity index (χ4n) is 1.70. The first-order valence-corrected chi connectivity index (χ1v) is 5.84. The highest BCUT2D eigenvalue weighted by Crippen LogP contribution is 2.15. The van der Waals surface area contributed by atoms with Gasteiger partial charge < -0.3 is 9.73 Å². The van der Waals surface area contributed by atoms with Gasteiger partial charge in [-0.2, -0.15) is 0 Å². The highest BCUT2D eigenvalue weighted by molar-refractivity contribution is 5.18. The monoisotopic (exact) mass is 264 g/mol. The number of nitro groups is 1. The van der Waals surface area contributed by atoms with Gasteiger partial charge in [0.05, 0.1) is 12.6 Å². The van der Waals surface area contributed by atoms with Crippen LogP contribution in [0.15, 0.2) is 40.8 Å². The molecule has 0 aliphatic carbocycles. The molecule has 0 aliphatic heterocycles. The number of rotatable bonds is 6. The number of furan rings is 1. The SMILES string of the molecule is O=[N+]([O-])c1ccc(CNCCc2ccccc2F)o1. The quantitative estimate of drug-likeness (QED) is 0.494. The third-order valence-electron chi connectivity index (χ3n) is 2.66. The van der Waals surface area contributed by atoms with Crippen molar-refractivity contribution in [2.45, 2.75) is 13.0 Å². The molecule has 0 fully saturated rings. The van der Waals surface area contributed by atoms with E-state index in [2.05, 4.69) is 5.32 Å². The smallest absolute Gasteiger partial charge is 0.404 e. The van der Waals surface area contributed by atoms with E-state index in [1.165, 1.54) is 12.1 Å². The maximum absolute atomic E-state index is 13.3. The van der Waals surface area contributed by atoms with Crippen LogP contribution < -0.4 is 5.32 Å². The van der Waals surface area contributed by atoms with Gasteiger partial charge in [0.15, 0.2) is 0 Å². The van der Waals surface area contributed by atoms with E-state index >= 15 is 0 Å². The van der Waals surface area contributed by atoms with Gasteiger partial charge in [-0.3, -0.25) is 10.1 Å². The lowest BCUT2D eigenvalue weighted by molar-refractivity contribution is -0.402. The van der Waals surface area contributed by atoms with Gasteiger partial charge in [0.2, 0.25) is 0 Å². The van der Waals surface area contributed by atoms with Crippen molar-refractivity contribution < 1.29 is 13.7 Å². The minimum Gasteiger partial charge on any atom is -0.404 e. The average molecular weight is 264 g/mol. The van der Waals surface area contributed by atoms with E-state index in [9.17, 15) is 14.5 Å². The van der Waals surface area contributed by atoms with Crippen LogP contribution in [0.2, 0.25) is 0 Å². The molecule has 1 heterocycles. The molecule has 6 heteroatoms. The molecule has 0 saturated carbocycles. The molecule has 0 spiro atoms. The Bertz CT molecular complexity index is 569. The molecular formula is C13H13FN2O3. The van der Waals surface area contributed by atoms with E-state index in [4.69, 9.17) is 4.42 Å². The Morgan fingerprint density at radius 2 is 2.05 bits per heavy atom. The first kappa shape index (κ1) is 13.2. The van der Waals surface area contributed by atoms with Crippen molar-refractivity contribution in [3.8, 4) is 0 Å².